The zero-order valence-corrected chi connectivity index (χ0v) is 45.7. The van der Waals surface area contributed by atoms with E-state index in [9.17, 15) is 35.1 Å². The monoisotopic (exact) mass is 996 g/mol. The summed E-state index contributed by atoms with van der Waals surface area (Å²) in [7, 11) is 0. The van der Waals surface area contributed by atoms with E-state index in [0.29, 0.717) is 19.3 Å². The molecule has 1 aliphatic heterocycles. The van der Waals surface area contributed by atoms with Crippen molar-refractivity contribution in [3.63, 3.8) is 0 Å². The number of ether oxygens (including phenoxy) is 3. The van der Waals surface area contributed by atoms with Gasteiger partial charge in [0.15, 0.2) is 12.4 Å². The van der Waals surface area contributed by atoms with E-state index in [2.05, 4.69) is 26.1 Å². The molecule has 0 aliphatic carbocycles. The van der Waals surface area contributed by atoms with E-state index in [1.165, 1.54) is 186 Å². The van der Waals surface area contributed by atoms with Gasteiger partial charge in [-0.2, -0.15) is 0 Å². The molecular formula is C59H113NO10. The van der Waals surface area contributed by atoms with Crippen LogP contribution in [-0.2, 0) is 23.8 Å². The van der Waals surface area contributed by atoms with Crippen LogP contribution in [0.25, 0.3) is 0 Å². The molecule has 0 aromatic heterocycles. The lowest BCUT2D eigenvalue weighted by molar-refractivity contribution is -0.305. The van der Waals surface area contributed by atoms with Gasteiger partial charge in [-0.15, -0.1) is 0 Å². The van der Waals surface area contributed by atoms with Gasteiger partial charge in [0.1, 0.15) is 24.4 Å². The molecule has 0 aromatic rings. The third kappa shape index (κ3) is 36.3. The highest BCUT2D eigenvalue weighted by Gasteiger charge is 2.47. The molecule has 0 bridgehead atoms. The number of allylic oxidation sites excluding steroid dienone is 1. The third-order valence-corrected chi connectivity index (χ3v) is 14.4. The van der Waals surface area contributed by atoms with Gasteiger partial charge < -0.3 is 45.1 Å². The highest BCUT2D eigenvalue weighted by molar-refractivity contribution is 5.80. The molecule has 1 fully saturated rings. The maximum absolute atomic E-state index is 13.4. The largest absolute Gasteiger partial charge is 0.454 e. The van der Waals surface area contributed by atoms with Crippen molar-refractivity contribution in [2.75, 3.05) is 13.2 Å². The second-order valence-corrected chi connectivity index (χ2v) is 21.1. The molecule has 0 aromatic carbocycles. The number of aliphatic hydroxyl groups excluding tert-OH is 5. The fourth-order valence-corrected chi connectivity index (χ4v) is 9.65. The summed E-state index contributed by atoms with van der Waals surface area (Å²) in [5.74, 6) is -1.18. The molecule has 1 saturated heterocycles. The van der Waals surface area contributed by atoms with E-state index in [1.807, 2.05) is 6.08 Å². The molecule has 1 aliphatic rings. The number of rotatable bonds is 51. The number of amides is 1. The predicted octanol–water partition coefficient (Wildman–Crippen LogP) is 13.6. The third-order valence-electron chi connectivity index (χ3n) is 14.4. The van der Waals surface area contributed by atoms with Crippen LogP contribution in [0.4, 0.5) is 0 Å². The molecule has 414 valence electrons. The van der Waals surface area contributed by atoms with Gasteiger partial charge in [0.2, 0.25) is 5.91 Å². The number of carbonyl (C=O) groups excluding carboxylic acids is 2. The summed E-state index contributed by atoms with van der Waals surface area (Å²) in [6.07, 6.45) is 42.5. The van der Waals surface area contributed by atoms with Crippen LogP contribution in [0.2, 0.25) is 0 Å². The lowest BCUT2D eigenvalue weighted by atomic mass is 9.99. The second kappa shape index (κ2) is 48.3. The number of unbranched alkanes of at least 4 members (excludes halogenated alkanes) is 37. The van der Waals surface area contributed by atoms with E-state index >= 15 is 0 Å². The van der Waals surface area contributed by atoms with Crippen LogP contribution in [0.1, 0.15) is 290 Å². The molecule has 11 nitrogen and oxygen atoms in total. The molecule has 1 heterocycles. The highest BCUT2D eigenvalue weighted by atomic mass is 16.7. The fraction of sp³-hybridized carbons (Fsp3) is 0.932. The summed E-state index contributed by atoms with van der Waals surface area (Å²) in [6.45, 7) is 5.81. The minimum absolute atomic E-state index is 0.131. The zero-order valence-electron chi connectivity index (χ0n) is 45.7. The minimum atomic E-state index is -1.60. The summed E-state index contributed by atoms with van der Waals surface area (Å²) in [4.78, 5) is 26.5. The van der Waals surface area contributed by atoms with Crippen molar-refractivity contribution < 1.29 is 49.3 Å². The van der Waals surface area contributed by atoms with Crippen molar-refractivity contribution in [3.8, 4) is 0 Å². The van der Waals surface area contributed by atoms with Crippen LogP contribution < -0.4 is 5.32 Å². The van der Waals surface area contributed by atoms with Gasteiger partial charge in [-0.25, -0.2) is 0 Å². The molecular weight excluding hydrogens is 883 g/mol. The number of nitrogens with one attached hydrogen (secondary N) is 1. The van der Waals surface area contributed by atoms with Crippen molar-refractivity contribution in [3.05, 3.63) is 12.2 Å². The smallest absolute Gasteiger partial charge is 0.306 e. The van der Waals surface area contributed by atoms with E-state index in [1.54, 1.807) is 6.08 Å². The van der Waals surface area contributed by atoms with Crippen LogP contribution in [-0.4, -0.2) is 99.6 Å². The molecule has 8 atom stereocenters. The summed E-state index contributed by atoms with van der Waals surface area (Å²) in [5, 5.41) is 56.8. The first-order chi connectivity index (χ1) is 34.2. The van der Waals surface area contributed by atoms with E-state index in [-0.39, 0.29) is 13.0 Å². The Labute approximate surface area is 429 Å². The van der Waals surface area contributed by atoms with E-state index in [0.717, 1.165) is 57.8 Å². The molecule has 6 N–H and O–H groups in total. The van der Waals surface area contributed by atoms with E-state index in [4.69, 9.17) is 14.2 Å². The molecule has 1 rings (SSSR count). The first-order valence-electron chi connectivity index (χ1n) is 30.0. The summed E-state index contributed by atoms with van der Waals surface area (Å²) < 4.78 is 17.6. The normalized spacial score (nSPS) is 19.7. The van der Waals surface area contributed by atoms with Crippen LogP contribution >= 0.6 is 0 Å². The average molecular weight is 997 g/mol. The van der Waals surface area contributed by atoms with Crippen LogP contribution in [0.5, 0.6) is 0 Å². The SMILES string of the molecule is CCCCCCCCCCCC/C=C/C(O)C(COC1OC(CO)C(O)C(O)C1OC(=O)CCCCCCCCCCCCCCCCC)NC(=O)C(O)CCCCCCCCCCCCCCCC. The van der Waals surface area contributed by atoms with Crippen molar-refractivity contribution in [2.24, 2.45) is 0 Å². The van der Waals surface area contributed by atoms with Gasteiger partial charge in [-0.1, -0.05) is 270 Å². The highest BCUT2D eigenvalue weighted by Crippen LogP contribution is 2.26. The maximum atomic E-state index is 13.4. The van der Waals surface area contributed by atoms with Crippen LogP contribution in [0.3, 0.4) is 0 Å². The van der Waals surface area contributed by atoms with Gasteiger partial charge in [0.25, 0.3) is 0 Å². The Morgan fingerprint density at radius 3 is 1.34 bits per heavy atom. The average Bonchev–Trinajstić information content (AvgIpc) is 3.36. The van der Waals surface area contributed by atoms with Gasteiger partial charge in [-0.05, 0) is 25.7 Å². The lowest BCUT2D eigenvalue weighted by Gasteiger charge is -2.41. The fourth-order valence-electron chi connectivity index (χ4n) is 9.65. The first kappa shape index (κ1) is 66.4. The Morgan fingerprint density at radius 1 is 0.543 bits per heavy atom. The van der Waals surface area contributed by atoms with Crippen molar-refractivity contribution in [2.45, 2.75) is 339 Å². The molecule has 11 heteroatoms. The number of hydrogen-bond acceptors (Lipinski definition) is 10. The van der Waals surface area contributed by atoms with E-state index < -0.39 is 67.4 Å². The first-order valence-corrected chi connectivity index (χ1v) is 30.0. The Morgan fingerprint density at radius 2 is 0.929 bits per heavy atom. The Balaban J connectivity index is 2.70. The summed E-state index contributed by atoms with van der Waals surface area (Å²) in [5.41, 5.74) is 0. The molecule has 0 saturated carbocycles. The predicted molar refractivity (Wildman–Crippen MR) is 288 cm³/mol. The number of aliphatic hydroxyl groups is 5. The standard InChI is InChI=1S/C59H113NO10/c1-4-7-10-13-16-19-22-25-27-29-32-35-38-41-44-47-54(64)70-57-56(66)55(65)53(48-61)69-59(57)68-49-50(51(62)45-42-39-36-33-30-24-21-18-15-12-9-6-3)60-58(67)52(63)46-43-40-37-34-31-28-26-23-20-17-14-11-8-5-2/h42,45,50-53,55-57,59,61-63,65-66H,4-41,43-44,46-49H2,1-3H3,(H,60,67)/b45-42+. The molecule has 0 spiro atoms. The van der Waals surface area contributed by atoms with Gasteiger partial charge in [0.05, 0.1) is 25.4 Å². The van der Waals surface area contributed by atoms with Crippen molar-refractivity contribution in [1.82, 2.24) is 5.32 Å². The van der Waals surface area contributed by atoms with Gasteiger partial charge >= 0.3 is 5.97 Å². The van der Waals surface area contributed by atoms with Gasteiger partial charge in [-0.3, -0.25) is 9.59 Å². The molecule has 8 unspecified atom stereocenters. The lowest BCUT2D eigenvalue weighted by Crippen LogP contribution is -2.61. The number of hydrogen-bond donors (Lipinski definition) is 6. The number of esters is 1. The minimum Gasteiger partial charge on any atom is -0.454 e. The van der Waals surface area contributed by atoms with Crippen molar-refractivity contribution >= 4 is 11.9 Å². The zero-order chi connectivity index (χ0) is 51.1. The quantitative estimate of drug-likeness (QED) is 0.0195. The Hall–Kier alpha value is -1.60. The topological polar surface area (TPSA) is 175 Å². The van der Waals surface area contributed by atoms with Gasteiger partial charge in [0, 0.05) is 6.42 Å². The number of carbonyl (C=O) groups is 2. The molecule has 70 heavy (non-hydrogen) atoms. The van der Waals surface area contributed by atoms with Crippen molar-refractivity contribution in [1.29, 1.82) is 0 Å². The molecule has 1 amide bonds. The summed E-state index contributed by atoms with van der Waals surface area (Å²) in [6, 6.07) is -1.01. The van der Waals surface area contributed by atoms with Crippen LogP contribution in [0, 0.1) is 0 Å². The molecule has 0 radical (unpaired) electrons. The van der Waals surface area contributed by atoms with Crippen LogP contribution in [0.15, 0.2) is 12.2 Å². The second-order valence-electron chi connectivity index (χ2n) is 21.1. The summed E-state index contributed by atoms with van der Waals surface area (Å²) >= 11 is 0. The Kier molecular flexibility index (Phi) is 45.9. The Bertz CT molecular complexity index is 1190. The maximum Gasteiger partial charge on any atom is 0.306 e.